The lowest BCUT2D eigenvalue weighted by Gasteiger charge is -2.16. The number of carbonyl (C=O) groups excluding carboxylic acids is 3. The molecule has 1 aliphatic heterocycles. The second kappa shape index (κ2) is 8.90. The SMILES string of the molecule is Cc1ccc(C)c(NC(=O)C(C)OC(=O)c2ccc(CN3CCCC3=O)cc2)c1. The van der Waals surface area contributed by atoms with E-state index >= 15 is 0 Å². The predicted molar refractivity (Wildman–Crippen MR) is 111 cm³/mol. The zero-order valence-corrected chi connectivity index (χ0v) is 17.0. The summed E-state index contributed by atoms with van der Waals surface area (Å²) in [6.45, 7) is 6.72. The van der Waals surface area contributed by atoms with Crippen LogP contribution in [0.15, 0.2) is 42.5 Å². The number of nitrogens with zero attached hydrogens (tertiary/aromatic N) is 1. The monoisotopic (exact) mass is 394 g/mol. The van der Waals surface area contributed by atoms with Gasteiger partial charge in [-0.2, -0.15) is 0 Å². The summed E-state index contributed by atoms with van der Waals surface area (Å²) in [4.78, 5) is 38.3. The summed E-state index contributed by atoms with van der Waals surface area (Å²) in [7, 11) is 0. The molecule has 1 atom stereocenters. The molecule has 1 unspecified atom stereocenters. The minimum absolute atomic E-state index is 0.164. The van der Waals surface area contributed by atoms with Crippen LogP contribution in [0, 0.1) is 13.8 Å². The summed E-state index contributed by atoms with van der Waals surface area (Å²) in [5.74, 6) is -0.772. The molecular weight excluding hydrogens is 368 g/mol. The first kappa shape index (κ1) is 20.6. The molecule has 0 bridgehead atoms. The van der Waals surface area contributed by atoms with Crippen LogP contribution in [0.25, 0.3) is 0 Å². The molecule has 6 heteroatoms. The van der Waals surface area contributed by atoms with Crippen molar-refractivity contribution in [2.45, 2.75) is 46.3 Å². The molecule has 1 heterocycles. The van der Waals surface area contributed by atoms with Crippen LogP contribution in [0.5, 0.6) is 0 Å². The molecule has 0 aliphatic carbocycles. The molecule has 6 nitrogen and oxygen atoms in total. The highest BCUT2D eigenvalue weighted by atomic mass is 16.5. The molecule has 1 fully saturated rings. The molecule has 1 aliphatic rings. The highest BCUT2D eigenvalue weighted by Crippen LogP contribution is 2.18. The summed E-state index contributed by atoms with van der Waals surface area (Å²) in [5.41, 5.74) is 4.00. The average Bonchev–Trinajstić information content (AvgIpc) is 3.09. The fourth-order valence-corrected chi connectivity index (χ4v) is 3.22. The minimum atomic E-state index is -0.927. The maximum atomic E-state index is 12.4. The Labute approximate surface area is 170 Å². The molecule has 2 aromatic carbocycles. The third kappa shape index (κ3) is 5.22. The van der Waals surface area contributed by atoms with Crippen molar-refractivity contribution >= 4 is 23.5 Å². The van der Waals surface area contributed by atoms with Gasteiger partial charge in [-0.3, -0.25) is 9.59 Å². The number of hydrogen-bond acceptors (Lipinski definition) is 4. The standard InChI is InChI=1S/C23H26N2O4/c1-15-6-7-16(2)20(13-15)24-22(27)17(3)29-23(28)19-10-8-18(9-11-19)14-25-12-4-5-21(25)26/h6-11,13,17H,4-5,12,14H2,1-3H3,(H,24,27). The maximum absolute atomic E-state index is 12.4. The lowest BCUT2D eigenvalue weighted by molar-refractivity contribution is -0.128. The van der Waals surface area contributed by atoms with E-state index in [9.17, 15) is 14.4 Å². The third-order valence-corrected chi connectivity index (χ3v) is 5.04. The molecule has 2 amide bonds. The van der Waals surface area contributed by atoms with E-state index in [0.29, 0.717) is 24.2 Å². The van der Waals surface area contributed by atoms with Crippen molar-refractivity contribution in [1.29, 1.82) is 0 Å². The molecule has 3 rings (SSSR count). The van der Waals surface area contributed by atoms with E-state index in [4.69, 9.17) is 4.74 Å². The Morgan fingerprint density at radius 3 is 2.52 bits per heavy atom. The van der Waals surface area contributed by atoms with Crippen molar-refractivity contribution in [1.82, 2.24) is 4.90 Å². The van der Waals surface area contributed by atoms with Crippen LogP contribution < -0.4 is 5.32 Å². The van der Waals surface area contributed by atoms with E-state index < -0.39 is 12.1 Å². The van der Waals surface area contributed by atoms with E-state index in [2.05, 4.69) is 5.32 Å². The highest BCUT2D eigenvalue weighted by molar-refractivity contribution is 5.97. The van der Waals surface area contributed by atoms with Gasteiger partial charge in [0.15, 0.2) is 6.10 Å². The molecule has 2 aromatic rings. The van der Waals surface area contributed by atoms with Crippen LogP contribution in [-0.4, -0.2) is 35.3 Å². The first-order valence-corrected chi connectivity index (χ1v) is 9.79. The lowest BCUT2D eigenvalue weighted by atomic mass is 10.1. The second-order valence-corrected chi connectivity index (χ2v) is 7.47. The summed E-state index contributed by atoms with van der Waals surface area (Å²) < 4.78 is 5.32. The largest absolute Gasteiger partial charge is 0.449 e. The molecule has 0 radical (unpaired) electrons. The van der Waals surface area contributed by atoms with Crippen LogP contribution in [0.3, 0.4) is 0 Å². The van der Waals surface area contributed by atoms with Gasteiger partial charge in [-0.25, -0.2) is 4.79 Å². The van der Waals surface area contributed by atoms with Gasteiger partial charge in [0, 0.05) is 25.2 Å². The molecular formula is C23H26N2O4. The number of carbonyl (C=O) groups is 3. The lowest BCUT2D eigenvalue weighted by Crippen LogP contribution is -2.30. The summed E-state index contributed by atoms with van der Waals surface area (Å²) >= 11 is 0. The van der Waals surface area contributed by atoms with Crippen LogP contribution in [0.4, 0.5) is 5.69 Å². The van der Waals surface area contributed by atoms with E-state index in [0.717, 1.165) is 29.7 Å². The molecule has 1 N–H and O–H groups in total. The van der Waals surface area contributed by atoms with Gasteiger partial charge < -0.3 is 15.0 Å². The second-order valence-electron chi connectivity index (χ2n) is 7.47. The fraction of sp³-hybridized carbons (Fsp3) is 0.348. The number of anilines is 1. The molecule has 152 valence electrons. The number of esters is 1. The zero-order valence-electron chi connectivity index (χ0n) is 17.0. The topological polar surface area (TPSA) is 75.7 Å². The molecule has 0 spiro atoms. The van der Waals surface area contributed by atoms with Crippen LogP contribution in [-0.2, 0) is 20.9 Å². The quantitative estimate of drug-likeness (QED) is 0.760. The van der Waals surface area contributed by atoms with Gasteiger partial charge in [-0.05, 0) is 62.1 Å². The Bertz CT molecular complexity index is 921. The number of likely N-dealkylation sites (tertiary alicyclic amines) is 1. The van der Waals surface area contributed by atoms with Crippen molar-refractivity contribution in [3.8, 4) is 0 Å². The fourth-order valence-electron chi connectivity index (χ4n) is 3.22. The van der Waals surface area contributed by atoms with Crippen molar-refractivity contribution in [2.24, 2.45) is 0 Å². The number of ether oxygens (including phenoxy) is 1. The number of amides is 2. The van der Waals surface area contributed by atoms with Crippen molar-refractivity contribution in [2.75, 3.05) is 11.9 Å². The van der Waals surface area contributed by atoms with Crippen molar-refractivity contribution in [3.05, 3.63) is 64.7 Å². The molecule has 0 aromatic heterocycles. The zero-order chi connectivity index (χ0) is 21.0. The number of nitrogens with one attached hydrogen (secondary N) is 1. The minimum Gasteiger partial charge on any atom is -0.449 e. The van der Waals surface area contributed by atoms with Gasteiger partial charge in [0.2, 0.25) is 5.91 Å². The van der Waals surface area contributed by atoms with Gasteiger partial charge in [0.05, 0.1) is 5.56 Å². The van der Waals surface area contributed by atoms with Gasteiger partial charge in [0.25, 0.3) is 5.91 Å². The highest BCUT2D eigenvalue weighted by Gasteiger charge is 2.21. The number of hydrogen-bond donors (Lipinski definition) is 1. The third-order valence-electron chi connectivity index (χ3n) is 5.04. The molecule has 29 heavy (non-hydrogen) atoms. The van der Waals surface area contributed by atoms with E-state index in [1.165, 1.54) is 0 Å². The van der Waals surface area contributed by atoms with Gasteiger partial charge in [-0.15, -0.1) is 0 Å². The average molecular weight is 394 g/mol. The van der Waals surface area contributed by atoms with Crippen molar-refractivity contribution in [3.63, 3.8) is 0 Å². The van der Waals surface area contributed by atoms with E-state index in [1.807, 2.05) is 49.1 Å². The predicted octanol–water partition coefficient (Wildman–Crippen LogP) is 3.61. The van der Waals surface area contributed by atoms with E-state index in [1.54, 1.807) is 19.1 Å². The maximum Gasteiger partial charge on any atom is 0.338 e. The van der Waals surface area contributed by atoms with Gasteiger partial charge in [-0.1, -0.05) is 24.3 Å². The number of aryl methyl sites for hydroxylation is 2. The summed E-state index contributed by atoms with van der Waals surface area (Å²) in [6.07, 6.45) is 0.571. The Balaban J connectivity index is 1.56. The number of benzene rings is 2. The van der Waals surface area contributed by atoms with Crippen LogP contribution in [0.2, 0.25) is 0 Å². The normalized spacial score (nSPS) is 14.6. The first-order chi connectivity index (χ1) is 13.8. The summed E-state index contributed by atoms with van der Waals surface area (Å²) in [6, 6.07) is 12.7. The smallest absolute Gasteiger partial charge is 0.338 e. The van der Waals surface area contributed by atoms with Gasteiger partial charge in [0.1, 0.15) is 0 Å². The Morgan fingerprint density at radius 1 is 1.14 bits per heavy atom. The Morgan fingerprint density at radius 2 is 1.86 bits per heavy atom. The van der Waals surface area contributed by atoms with Crippen molar-refractivity contribution < 1.29 is 19.1 Å². The first-order valence-electron chi connectivity index (χ1n) is 9.79. The number of rotatable bonds is 6. The Hall–Kier alpha value is -3.15. The summed E-state index contributed by atoms with van der Waals surface area (Å²) in [5, 5.41) is 2.81. The van der Waals surface area contributed by atoms with Crippen LogP contribution in [0.1, 0.15) is 46.8 Å². The van der Waals surface area contributed by atoms with Gasteiger partial charge >= 0.3 is 5.97 Å². The molecule has 0 saturated carbocycles. The molecule has 1 saturated heterocycles. The van der Waals surface area contributed by atoms with E-state index in [-0.39, 0.29) is 11.8 Å². The van der Waals surface area contributed by atoms with Crippen LogP contribution >= 0.6 is 0 Å². The Kier molecular flexibility index (Phi) is 6.32.